The van der Waals surface area contributed by atoms with Crippen molar-refractivity contribution < 1.29 is 0 Å². The normalized spacial score (nSPS) is 23.7. The summed E-state index contributed by atoms with van der Waals surface area (Å²) < 4.78 is 0. The van der Waals surface area contributed by atoms with Crippen molar-refractivity contribution in [3.8, 4) is 0 Å². The standard InChI is InChI=1S/C14H24N4/c1-11-4-3-5-12(8-11)6-7-16-14-9-13(15-2)17-10-18-14/h9-12H,3-8H2,1-2H3,(H2,15,16,17,18). The highest BCUT2D eigenvalue weighted by Gasteiger charge is 2.18. The van der Waals surface area contributed by atoms with E-state index in [9.17, 15) is 0 Å². The molecule has 18 heavy (non-hydrogen) atoms. The fraction of sp³-hybridized carbons (Fsp3) is 0.714. The molecule has 1 saturated carbocycles. The van der Waals surface area contributed by atoms with Gasteiger partial charge in [0, 0.05) is 19.7 Å². The average Bonchev–Trinajstić information content (AvgIpc) is 2.39. The van der Waals surface area contributed by atoms with Gasteiger partial charge in [-0.25, -0.2) is 9.97 Å². The van der Waals surface area contributed by atoms with E-state index in [1.807, 2.05) is 13.1 Å². The predicted molar refractivity (Wildman–Crippen MR) is 75.8 cm³/mol. The summed E-state index contributed by atoms with van der Waals surface area (Å²) in [6.45, 7) is 3.39. The summed E-state index contributed by atoms with van der Waals surface area (Å²) in [5, 5.41) is 6.41. The lowest BCUT2D eigenvalue weighted by Crippen LogP contribution is -2.17. The third kappa shape index (κ3) is 3.86. The SMILES string of the molecule is CNc1cc(NCCC2CCCC(C)C2)ncn1. The van der Waals surface area contributed by atoms with Crippen molar-refractivity contribution in [2.45, 2.75) is 39.0 Å². The third-order valence-electron chi connectivity index (χ3n) is 3.83. The molecule has 0 spiro atoms. The number of aromatic nitrogens is 2. The molecule has 1 aliphatic carbocycles. The van der Waals surface area contributed by atoms with E-state index < -0.39 is 0 Å². The molecule has 0 amide bonds. The van der Waals surface area contributed by atoms with E-state index in [0.717, 1.165) is 30.0 Å². The molecule has 1 aromatic rings. The van der Waals surface area contributed by atoms with E-state index in [1.165, 1.54) is 32.1 Å². The summed E-state index contributed by atoms with van der Waals surface area (Å²) in [4.78, 5) is 8.33. The first-order chi connectivity index (χ1) is 8.78. The Morgan fingerprint density at radius 2 is 2.11 bits per heavy atom. The molecule has 2 N–H and O–H groups in total. The van der Waals surface area contributed by atoms with Crippen LogP contribution in [-0.4, -0.2) is 23.6 Å². The molecular weight excluding hydrogens is 224 g/mol. The minimum absolute atomic E-state index is 0.860. The summed E-state index contributed by atoms with van der Waals surface area (Å²) in [6.07, 6.45) is 8.47. The molecule has 2 rings (SSSR count). The van der Waals surface area contributed by atoms with Gasteiger partial charge >= 0.3 is 0 Å². The van der Waals surface area contributed by atoms with Gasteiger partial charge in [-0.05, 0) is 24.7 Å². The third-order valence-corrected chi connectivity index (χ3v) is 3.83. The van der Waals surface area contributed by atoms with Gasteiger partial charge in [-0.15, -0.1) is 0 Å². The Balaban J connectivity index is 1.74. The first-order valence-corrected chi connectivity index (χ1v) is 7.01. The summed E-state index contributed by atoms with van der Waals surface area (Å²) in [5.41, 5.74) is 0. The minimum Gasteiger partial charge on any atom is -0.373 e. The fourth-order valence-corrected chi connectivity index (χ4v) is 2.82. The molecule has 1 heterocycles. The maximum absolute atomic E-state index is 4.22. The number of rotatable bonds is 5. The van der Waals surface area contributed by atoms with E-state index in [2.05, 4.69) is 27.5 Å². The maximum atomic E-state index is 4.22. The zero-order chi connectivity index (χ0) is 12.8. The molecule has 1 fully saturated rings. The number of nitrogens with zero attached hydrogens (tertiary/aromatic N) is 2. The molecule has 1 aliphatic rings. The quantitative estimate of drug-likeness (QED) is 0.840. The number of anilines is 2. The van der Waals surface area contributed by atoms with Crippen LogP contribution in [-0.2, 0) is 0 Å². The van der Waals surface area contributed by atoms with E-state index in [0.29, 0.717) is 0 Å². The van der Waals surface area contributed by atoms with Gasteiger partial charge in [0.1, 0.15) is 18.0 Å². The highest BCUT2D eigenvalue weighted by Crippen LogP contribution is 2.30. The molecule has 0 saturated heterocycles. The van der Waals surface area contributed by atoms with E-state index in [1.54, 1.807) is 6.33 Å². The van der Waals surface area contributed by atoms with Crippen molar-refractivity contribution in [1.29, 1.82) is 0 Å². The van der Waals surface area contributed by atoms with Gasteiger partial charge in [-0.3, -0.25) is 0 Å². The van der Waals surface area contributed by atoms with Crippen molar-refractivity contribution >= 4 is 11.6 Å². The molecule has 2 atom stereocenters. The van der Waals surface area contributed by atoms with Gasteiger partial charge in [0.05, 0.1) is 0 Å². The van der Waals surface area contributed by atoms with Crippen LogP contribution in [0, 0.1) is 11.8 Å². The second kappa shape index (κ2) is 6.57. The average molecular weight is 248 g/mol. The summed E-state index contributed by atoms with van der Waals surface area (Å²) in [7, 11) is 1.87. The van der Waals surface area contributed by atoms with Gasteiger partial charge in [0.15, 0.2) is 0 Å². The molecule has 2 unspecified atom stereocenters. The summed E-state index contributed by atoms with van der Waals surface area (Å²) in [5.74, 6) is 3.59. The van der Waals surface area contributed by atoms with Crippen molar-refractivity contribution in [1.82, 2.24) is 9.97 Å². The molecule has 0 radical (unpaired) electrons. The van der Waals surface area contributed by atoms with Crippen LogP contribution in [0.2, 0.25) is 0 Å². The molecule has 0 aliphatic heterocycles. The minimum atomic E-state index is 0.860. The Morgan fingerprint density at radius 1 is 1.28 bits per heavy atom. The Bertz CT molecular complexity index is 367. The largest absolute Gasteiger partial charge is 0.373 e. The summed E-state index contributed by atoms with van der Waals surface area (Å²) in [6, 6.07) is 1.95. The maximum Gasteiger partial charge on any atom is 0.131 e. The van der Waals surface area contributed by atoms with Crippen LogP contribution in [0.15, 0.2) is 12.4 Å². The van der Waals surface area contributed by atoms with Gasteiger partial charge < -0.3 is 10.6 Å². The van der Waals surface area contributed by atoms with Crippen LogP contribution < -0.4 is 10.6 Å². The van der Waals surface area contributed by atoms with Crippen LogP contribution in [0.4, 0.5) is 11.6 Å². The van der Waals surface area contributed by atoms with Crippen LogP contribution in [0.1, 0.15) is 39.0 Å². The van der Waals surface area contributed by atoms with E-state index >= 15 is 0 Å². The molecule has 4 heteroatoms. The fourth-order valence-electron chi connectivity index (χ4n) is 2.82. The Hall–Kier alpha value is -1.32. The highest BCUT2D eigenvalue weighted by molar-refractivity contribution is 5.45. The zero-order valence-electron chi connectivity index (χ0n) is 11.4. The monoisotopic (exact) mass is 248 g/mol. The lowest BCUT2D eigenvalue weighted by atomic mass is 9.81. The van der Waals surface area contributed by atoms with Crippen molar-refractivity contribution in [3.63, 3.8) is 0 Å². The van der Waals surface area contributed by atoms with Crippen molar-refractivity contribution in [3.05, 3.63) is 12.4 Å². The lowest BCUT2D eigenvalue weighted by Gasteiger charge is -2.26. The highest BCUT2D eigenvalue weighted by atomic mass is 15.0. The summed E-state index contributed by atoms with van der Waals surface area (Å²) >= 11 is 0. The first-order valence-electron chi connectivity index (χ1n) is 7.01. The molecule has 1 aromatic heterocycles. The van der Waals surface area contributed by atoms with Crippen LogP contribution in [0.25, 0.3) is 0 Å². The number of hydrogen-bond acceptors (Lipinski definition) is 4. The van der Waals surface area contributed by atoms with Crippen LogP contribution in [0.3, 0.4) is 0 Å². The van der Waals surface area contributed by atoms with Gasteiger partial charge in [0.25, 0.3) is 0 Å². The molecule has 0 bridgehead atoms. The second-order valence-electron chi connectivity index (χ2n) is 5.39. The first kappa shape index (κ1) is 13.1. The van der Waals surface area contributed by atoms with Gasteiger partial charge in [-0.2, -0.15) is 0 Å². The number of nitrogens with one attached hydrogen (secondary N) is 2. The predicted octanol–water partition coefficient (Wildman–Crippen LogP) is 3.15. The second-order valence-corrected chi connectivity index (χ2v) is 5.39. The Morgan fingerprint density at radius 3 is 2.89 bits per heavy atom. The molecular formula is C14H24N4. The zero-order valence-corrected chi connectivity index (χ0v) is 11.4. The molecule has 0 aromatic carbocycles. The number of hydrogen-bond donors (Lipinski definition) is 2. The van der Waals surface area contributed by atoms with Gasteiger partial charge in [0.2, 0.25) is 0 Å². The van der Waals surface area contributed by atoms with Crippen molar-refractivity contribution in [2.75, 3.05) is 24.2 Å². The van der Waals surface area contributed by atoms with Crippen LogP contribution in [0.5, 0.6) is 0 Å². The van der Waals surface area contributed by atoms with E-state index in [-0.39, 0.29) is 0 Å². The molecule has 100 valence electrons. The Labute approximate surface area is 110 Å². The topological polar surface area (TPSA) is 49.8 Å². The molecule has 4 nitrogen and oxygen atoms in total. The van der Waals surface area contributed by atoms with E-state index in [4.69, 9.17) is 0 Å². The smallest absolute Gasteiger partial charge is 0.131 e. The van der Waals surface area contributed by atoms with Gasteiger partial charge in [-0.1, -0.05) is 26.2 Å². The lowest BCUT2D eigenvalue weighted by molar-refractivity contribution is 0.274. The van der Waals surface area contributed by atoms with Crippen LogP contribution >= 0.6 is 0 Å². The Kier molecular flexibility index (Phi) is 4.79. The van der Waals surface area contributed by atoms with Crippen molar-refractivity contribution in [2.24, 2.45) is 11.8 Å².